The molecule has 3 unspecified atom stereocenters. The largest absolute Gasteiger partial charge is 0.494 e. The number of thioether (sulfide) groups is 1. The fourth-order valence-electron chi connectivity index (χ4n) is 4.58. The van der Waals surface area contributed by atoms with Crippen molar-refractivity contribution in [3.63, 3.8) is 0 Å². The monoisotopic (exact) mass is 526 g/mol. The first-order valence-corrected chi connectivity index (χ1v) is 15.4. The number of carbonyl (C=O) groups excluding carboxylic acids is 1. The Labute approximate surface area is 228 Å². The molecule has 0 radical (unpaired) electrons. The summed E-state index contributed by atoms with van der Waals surface area (Å²) >= 11 is 1.86. The summed E-state index contributed by atoms with van der Waals surface area (Å²) in [5.41, 5.74) is 1.67. The summed E-state index contributed by atoms with van der Waals surface area (Å²) in [6.45, 7) is 8.35. The van der Waals surface area contributed by atoms with E-state index in [-0.39, 0.29) is 11.4 Å². The Bertz CT molecular complexity index is 888. The predicted octanol–water partition coefficient (Wildman–Crippen LogP) is 9.24. The maximum atomic E-state index is 12.6. The first kappa shape index (κ1) is 29.6. The molecule has 0 spiro atoms. The van der Waals surface area contributed by atoms with Crippen LogP contribution in [0.4, 0.5) is 0 Å². The van der Waals surface area contributed by atoms with Gasteiger partial charge in [0.1, 0.15) is 16.9 Å². The van der Waals surface area contributed by atoms with Crippen LogP contribution in [0.3, 0.4) is 0 Å². The van der Waals surface area contributed by atoms with E-state index in [0.29, 0.717) is 17.2 Å². The minimum atomic E-state index is -0.356. The highest BCUT2D eigenvalue weighted by molar-refractivity contribution is 7.99. The molecule has 0 aromatic heterocycles. The third-order valence-corrected chi connectivity index (χ3v) is 8.49. The molecule has 1 saturated heterocycles. The van der Waals surface area contributed by atoms with Crippen molar-refractivity contribution in [1.82, 2.24) is 0 Å². The molecule has 2 aromatic carbocycles. The van der Waals surface area contributed by atoms with Crippen molar-refractivity contribution in [3.8, 4) is 11.5 Å². The average molecular weight is 527 g/mol. The summed E-state index contributed by atoms with van der Waals surface area (Å²) in [4.78, 5) is 12.6. The van der Waals surface area contributed by atoms with Crippen LogP contribution in [0.15, 0.2) is 48.5 Å². The molecule has 0 bridgehead atoms. The number of unbranched alkanes of at least 4 members (excludes halogenated alkanes) is 7. The Morgan fingerprint density at radius 2 is 1.57 bits per heavy atom. The zero-order chi connectivity index (χ0) is 26.3. The summed E-state index contributed by atoms with van der Waals surface area (Å²) in [6, 6.07) is 14.9. The third kappa shape index (κ3) is 10.7. The molecule has 4 nitrogen and oxygen atoms in total. The smallest absolute Gasteiger partial charge is 0.343 e. The Balaban J connectivity index is 1.35. The first-order chi connectivity index (χ1) is 18.1. The van der Waals surface area contributed by atoms with Crippen LogP contribution in [0.1, 0.15) is 106 Å². The summed E-state index contributed by atoms with van der Waals surface area (Å²) in [6.07, 6.45) is 12.7. The lowest BCUT2D eigenvalue weighted by Gasteiger charge is -2.30. The van der Waals surface area contributed by atoms with Crippen molar-refractivity contribution < 1.29 is 19.0 Å². The van der Waals surface area contributed by atoms with Crippen molar-refractivity contribution in [2.75, 3.05) is 19.0 Å². The number of esters is 1. The molecule has 3 rings (SSSR count). The zero-order valence-corrected chi connectivity index (χ0v) is 23.9. The highest BCUT2D eigenvalue weighted by Crippen LogP contribution is 2.38. The van der Waals surface area contributed by atoms with Gasteiger partial charge in [-0.1, -0.05) is 84.3 Å². The van der Waals surface area contributed by atoms with Gasteiger partial charge in [0.25, 0.3) is 0 Å². The molecule has 0 aliphatic carbocycles. The van der Waals surface area contributed by atoms with Crippen LogP contribution in [-0.4, -0.2) is 24.9 Å². The highest BCUT2D eigenvalue weighted by Gasteiger charge is 2.24. The van der Waals surface area contributed by atoms with Crippen LogP contribution in [0.5, 0.6) is 11.5 Å². The third-order valence-electron chi connectivity index (χ3n) is 7.12. The average Bonchev–Trinajstić information content (AvgIpc) is 2.93. The van der Waals surface area contributed by atoms with Gasteiger partial charge in [0, 0.05) is 5.75 Å². The fourth-order valence-corrected chi connectivity index (χ4v) is 5.78. The molecule has 37 heavy (non-hydrogen) atoms. The van der Waals surface area contributed by atoms with E-state index in [4.69, 9.17) is 14.2 Å². The number of carbonyl (C=O) groups is 1. The Morgan fingerprint density at radius 3 is 2.19 bits per heavy atom. The van der Waals surface area contributed by atoms with E-state index >= 15 is 0 Å². The van der Waals surface area contributed by atoms with Crippen LogP contribution in [0.25, 0.3) is 0 Å². The van der Waals surface area contributed by atoms with Crippen molar-refractivity contribution in [1.29, 1.82) is 0 Å². The predicted molar refractivity (Wildman–Crippen MR) is 155 cm³/mol. The summed E-state index contributed by atoms with van der Waals surface area (Å²) in [7, 11) is 0. The van der Waals surface area contributed by atoms with E-state index in [1.165, 1.54) is 57.8 Å². The standard InChI is InChI=1S/C32H46O4S/c1-4-6-7-8-9-10-11-12-21-34-29-17-19-30(20-18-29)36-31(33)27-13-15-28(16-14-27)32-35-23-26(24-37-32)22-25(3)5-2/h13-20,25-26,32H,4-12,21-24H2,1-3H3. The van der Waals surface area contributed by atoms with Crippen LogP contribution < -0.4 is 9.47 Å². The molecule has 2 aromatic rings. The van der Waals surface area contributed by atoms with E-state index in [9.17, 15) is 4.79 Å². The van der Waals surface area contributed by atoms with Gasteiger partial charge < -0.3 is 14.2 Å². The molecule has 204 valence electrons. The molecule has 1 aliphatic heterocycles. The molecule has 0 saturated carbocycles. The van der Waals surface area contributed by atoms with Crippen LogP contribution in [0, 0.1) is 11.8 Å². The minimum absolute atomic E-state index is 0.0385. The molecule has 3 atom stereocenters. The van der Waals surface area contributed by atoms with Gasteiger partial charge in [-0.25, -0.2) is 4.79 Å². The van der Waals surface area contributed by atoms with Crippen LogP contribution in [-0.2, 0) is 4.74 Å². The van der Waals surface area contributed by atoms with Gasteiger partial charge in [0.15, 0.2) is 0 Å². The molecule has 5 heteroatoms. The molecular weight excluding hydrogens is 480 g/mol. The molecule has 1 heterocycles. The van der Waals surface area contributed by atoms with Gasteiger partial charge in [0.05, 0.1) is 18.8 Å². The normalized spacial score (nSPS) is 18.4. The van der Waals surface area contributed by atoms with Gasteiger partial charge >= 0.3 is 5.97 Å². The summed E-state index contributed by atoms with van der Waals surface area (Å²) in [5.74, 6) is 3.48. The van der Waals surface area contributed by atoms with E-state index in [0.717, 1.165) is 42.6 Å². The lowest BCUT2D eigenvalue weighted by atomic mass is 9.96. The number of ether oxygens (including phenoxy) is 3. The van der Waals surface area contributed by atoms with Crippen molar-refractivity contribution in [2.45, 2.75) is 90.4 Å². The van der Waals surface area contributed by atoms with Gasteiger partial charge in [-0.3, -0.25) is 0 Å². The fraction of sp³-hybridized carbons (Fsp3) is 0.594. The SMILES string of the molecule is CCCCCCCCCCOc1ccc(OC(=O)c2ccc(C3OCC(CC(C)CC)CS3)cc2)cc1. The maximum Gasteiger partial charge on any atom is 0.343 e. The van der Waals surface area contributed by atoms with Gasteiger partial charge in [0.2, 0.25) is 0 Å². The van der Waals surface area contributed by atoms with Crippen LogP contribution >= 0.6 is 11.8 Å². The summed E-state index contributed by atoms with van der Waals surface area (Å²) in [5, 5.41) is 0. The number of benzene rings is 2. The molecule has 0 amide bonds. The summed E-state index contributed by atoms with van der Waals surface area (Å²) < 4.78 is 17.5. The number of hydrogen-bond donors (Lipinski definition) is 0. The van der Waals surface area contributed by atoms with E-state index in [1.54, 1.807) is 12.1 Å². The van der Waals surface area contributed by atoms with Crippen LogP contribution in [0.2, 0.25) is 0 Å². The number of rotatable bonds is 16. The second-order valence-corrected chi connectivity index (χ2v) is 11.5. The van der Waals surface area contributed by atoms with Crippen molar-refractivity contribution in [2.24, 2.45) is 11.8 Å². The maximum absolute atomic E-state index is 12.6. The zero-order valence-electron chi connectivity index (χ0n) is 23.1. The topological polar surface area (TPSA) is 44.8 Å². The molecule has 0 N–H and O–H groups in total. The molecule has 1 fully saturated rings. The van der Waals surface area contributed by atoms with E-state index in [1.807, 2.05) is 48.2 Å². The second kappa shape index (κ2) is 16.8. The van der Waals surface area contributed by atoms with Crippen molar-refractivity contribution in [3.05, 3.63) is 59.7 Å². The van der Waals surface area contributed by atoms with Gasteiger partial charge in [-0.05, 0) is 66.6 Å². The molecule has 1 aliphatic rings. The Kier molecular flexibility index (Phi) is 13.4. The molecular formula is C32H46O4S. The quantitative estimate of drug-likeness (QED) is 0.124. The minimum Gasteiger partial charge on any atom is -0.494 e. The first-order valence-electron chi connectivity index (χ1n) is 14.4. The number of hydrogen-bond acceptors (Lipinski definition) is 5. The van der Waals surface area contributed by atoms with Gasteiger partial charge in [-0.2, -0.15) is 0 Å². The Hall–Kier alpha value is -1.98. The Morgan fingerprint density at radius 1 is 0.919 bits per heavy atom. The lowest BCUT2D eigenvalue weighted by molar-refractivity contribution is 0.0689. The lowest BCUT2D eigenvalue weighted by Crippen LogP contribution is -2.22. The van der Waals surface area contributed by atoms with Crippen molar-refractivity contribution >= 4 is 17.7 Å². The van der Waals surface area contributed by atoms with Gasteiger partial charge in [-0.15, -0.1) is 11.8 Å². The highest BCUT2D eigenvalue weighted by atomic mass is 32.2. The van der Waals surface area contributed by atoms with E-state index < -0.39 is 0 Å². The second-order valence-electron chi connectivity index (χ2n) is 10.4. The van der Waals surface area contributed by atoms with E-state index in [2.05, 4.69) is 20.8 Å².